The molecule has 1 aromatic heterocycles. The van der Waals surface area contributed by atoms with Crippen LogP contribution in [0.15, 0.2) is 15.1 Å². The Morgan fingerprint density at radius 3 is 2.62 bits per heavy atom. The van der Waals surface area contributed by atoms with Crippen molar-refractivity contribution in [3.05, 3.63) is 15.1 Å². The molecule has 1 heterocycles. The minimum absolute atomic E-state index is 0.0874. The minimum Gasteiger partial charge on any atom is -0.474 e. The summed E-state index contributed by atoms with van der Waals surface area (Å²) in [5.74, 6) is 0.524. The molecule has 0 radical (unpaired) electrons. The Hall–Kier alpha value is -0.290. The largest absolute Gasteiger partial charge is 0.474 e. The molecule has 0 unspecified atom stereocenters. The molecule has 0 saturated carbocycles. The fourth-order valence-electron chi connectivity index (χ4n) is 0.767. The van der Waals surface area contributed by atoms with Gasteiger partial charge in [-0.2, -0.15) is 0 Å². The van der Waals surface area contributed by atoms with Crippen LogP contribution < -0.4 is 10.5 Å². The Labute approximate surface area is 93.9 Å². The third-order valence-electron chi connectivity index (χ3n) is 1.32. The third kappa shape index (κ3) is 2.57. The molecule has 0 aliphatic heterocycles. The molecule has 0 atom stereocenters. The van der Waals surface area contributed by atoms with Crippen molar-refractivity contribution in [1.82, 2.24) is 4.98 Å². The summed E-state index contributed by atoms with van der Waals surface area (Å²) in [5.41, 5.74) is 6.35. The van der Waals surface area contributed by atoms with E-state index in [1.807, 2.05) is 13.8 Å². The number of nitrogen functional groups attached to an aromatic ring is 1. The average Bonchev–Trinajstić information content (AvgIpc) is 2.06. The smallest absolute Gasteiger partial charge is 0.230 e. The number of ether oxygens (including phenoxy) is 1. The molecular weight excluding hydrogens is 300 g/mol. The number of hydrogen-bond donors (Lipinski definition) is 1. The zero-order chi connectivity index (χ0) is 10.0. The fraction of sp³-hybridized carbons (Fsp3) is 0.375. The van der Waals surface area contributed by atoms with Crippen LogP contribution in [0.4, 0.5) is 5.69 Å². The van der Waals surface area contributed by atoms with Crippen molar-refractivity contribution in [3.63, 3.8) is 0 Å². The van der Waals surface area contributed by atoms with Gasteiger partial charge in [-0.1, -0.05) is 0 Å². The van der Waals surface area contributed by atoms with Crippen molar-refractivity contribution in [1.29, 1.82) is 0 Å². The van der Waals surface area contributed by atoms with Crippen molar-refractivity contribution in [2.24, 2.45) is 0 Å². The van der Waals surface area contributed by atoms with E-state index in [1.54, 1.807) is 6.20 Å². The number of nitrogens with zero attached hydrogens (tertiary/aromatic N) is 1. The van der Waals surface area contributed by atoms with Crippen LogP contribution in [0.5, 0.6) is 5.88 Å². The van der Waals surface area contributed by atoms with E-state index in [0.717, 1.165) is 4.47 Å². The monoisotopic (exact) mass is 308 g/mol. The molecule has 0 saturated heterocycles. The number of rotatable bonds is 2. The predicted molar refractivity (Wildman–Crippen MR) is 59.8 cm³/mol. The molecular formula is C8H10Br2N2O. The molecule has 0 fully saturated rings. The Morgan fingerprint density at radius 1 is 1.46 bits per heavy atom. The number of nitrogens with two attached hydrogens (primary N) is 1. The maximum absolute atomic E-state index is 5.74. The Bertz CT molecular complexity index is 315. The van der Waals surface area contributed by atoms with Gasteiger partial charge in [0.1, 0.15) is 4.47 Å². The predicted octanol–water partition coefficient (Wildman–Crippen LogP) is 2.98. The van der Waals surface area contributed by atoms with Crippen LogP contribution in [0.1, 0.15) is 13.8 Å². The van der Waals surface area contributed by atoms with E-state index in [9.17, 15) is 0 Å². The van der Waals surface area contributed by atoms with E-state index in [-0.39, 0.29) is 6.10 Å². The summed E-state index contributed by atoms with van der Waals surface area (Å²) in [7, 11) is 0. The second-order valence-electron chi connectivity index (χ2n) is 2.81. The van der Waals surface area contributed by atoms with Gasteiger partial charge in [0.15, 0.2) is 0 Å². The van der Waals surface area contributed by atoms with Crippen molar-refractivity contribution < 1.29 is 4.74 Å². The van der Waals surface area contributed by atoms with Gasteiger partial charge >= 0.3 is 0 Å². The lowest BCUT2D eigenvalue weighted by Crippen LogP contribution is -2.08. The molecule has 0 aliphatic carbocycles. The lowest BCUT2D eigenvalue weighted by molar-refractivity contribution is 0.231. The van der Waals surface area contributed by atoms with Crippen LogP contribution in [-0.2, 0) is 0 Å². The van der Waals surface area contributed by atoms with Crippen LogP contribution in [-0.4, -0.2) is 11.1 Å². The number of pyridine rings is 1. The molecule has 2 N–H and O–H groups in total. The van der Waals surface area contributed by atoms with Crippen molar-refractivity contribution in [3.8, 4) is 5.88 Å². The van der Waals surface area contributed by atoms with Crippen molar-refractivity contribution >= 4 is 37.5 Å². The molecule has 0 bridgehead atoms. The fourth-order valence-corrected chi connectivity index (χ4v) is 1.74. The molecule has 0 aromatic carbocycles. The molecule has 72 valence electrons. The molecule has 1 aromatic rings. The van der Waals surface area contributed by atoms with Gasteiger partial charge in [-0.3, -0.25) is 0 Å². The quantitative estimate of drug-likeness (QED) is 0.913. The van der Waals surface area contributed by atoms with Crippen LogP contribution >= 0.6 is 31.9 Å². The minimum atomic E-state index is 0.0874. The maximum Gasteiger partial charge on any atom is 0.230 e. The summed E-state index contributed by atoms with van der Waals surface area (Å²) in [6.45, 7) is 3.87. The maximum atomic E-state index is 5.74. The highest BCUT2D eigenvalue weighted by molar-refractivity contribution is 9.11. The second kappa shape index (κ2) is 4.28. The van der Waals surface area contributed by atoms with Gasteiger partial charge in [0.25, 0.3) is 0 Å². The molecule has 0 aliphatic rings. The summed E-state index contributed by atoms with van der Waals surface area (Å²) in [4.78, 5) is 4.08. The van der Waals surface area contributed by atoms with Gasteiger partial charge in [0.2, 0.25) is 5.88 Å². The van der Waals surface area contributed by atoms with E-state index in [4.69, 9.17) is 10.5 Å². The SMILES string of the molecule is CC(C)Oc1ncc(Br)c(N)c1Br. The van der Waals surface area contributed by atoms with Crippen LogP contribution in [0.2, 0.25) is 0 Å². The van der Waals surface area contributed by atoms with Crippen LogP contribution in [0.25, 0.3) is 0 Å². The summed E-state index contributed by atoms with van der Waals surface area (Å²) >= 11 is 6.59. The molecule has 0 spiro atoms. The summed E-state index contributed by atoms with van der Waals surface area (Å²) in [6, 6.07) is 0. The van der Waals surface area contributed by atoms with E-state index in [2.05, 4.69) is 36.8 Å². The number of hydrogen-bond acceptors (Lipinski definition) is 3. The summed E-state index contributed by atoms with van der Waals surface area (Å²) < 4.78 is 6.87. The summed E-state index contributed by atoms with van der Waals surface area (Å²) in [5, 5.41) is 0. The highest BCUT2D eigenvalue weighted by atomic mass is 79.9. The Kier molecular flexibility index (Phi) is 3.55. The second-order valence-corrected chi connectivity index (χ2v) is 4.45. The van der Waals surface area contributed by atoms with E-state index in [0.29, 0.717) is 16.0 Å². The molecule has 5 heteroatoms. The highest BCUT2D eigenvalue weighted by Gasteiger charge is 2.10. The molecule has 1 rings (SSSR count). The molecule has 0 amide bonds. The van der Waals surface area contributed by atoms with Crippen LogP contribution in [0.3, 0.4) is 0 Å². The first kappa shape index (κ1) is 10.8. The van der Waals surface area contributed by atoms with Gasteiger partial charge in [0, 0.05) is 6.20 Å². The first-order chi connectivity index (χ1) is 6.02. The van der Waals surface area contributed by atoms with Gasteiger partial charge in [-0.25, -0.2) is 4.98 Å². The number of anilines is 1. The first-order valence-electron chi connectivity index (χ1n) is 3.78. The first-order valence-corrected chi connectivity index (χ1v) is 5.37. The Morgan fingerprint density at radius 2 is 2.08 bits per heavy atom. The highest BCUT2D eigenvalue weighted by Crippen LogP contribution is 2.34. The van der Waals surface area contributed by atoms with E-state index in [1.165, 1.54) is 0 Å². The normalized spacial score (nSPS) is 10.5. The van der Waals surface area contributed by atoms with Crippen LogP contribution in [0, 0.1) is 0 Å². The molecule has 13 heavy (non-hydrogen) atoms. The van der Waals surface area contributed by atoms with E-state index >= 15 is 0 Å². The number of aromatic nitrogens is 1. The average molecular weight is 310 g/mol. The van der Waals surface area contributed by atoms with Crippen molar-refractivity contribution in [2.75, 3.05) is 5.73 Å². The zero-order valence-corrected chi connectivity index (χ0v) is 10.5. The standard InChI is InChI=1S/C8H10Br2N2O/c1-4(2)13-8-6(10)7(11)5(9)3-12-8/h3-4H,1-2H3,(H2,11,12). The van der Waals surface area contributed by atoms with Gasteiger partial charge in [-0.15, -0.1) is 0 Å². The van der Waals surface area contributed by atoms with Crippen molar-refractivity contribution in [2.45, 2.75) is 20.0 Å². The lowest BCUT2D eigenvalue weighted by atomic mass is 10.4. The molecule has 3 nitrogen and oxygen atoms in total. The Balaban J connectivity index is 3.04. The van der Waals surface area contributed by atoms with Gasteiger partial charge in [0.05, 0.1) is 16.3 Å². The van der Waals surface area contributed by atoms with E-state index < -0.39 is 0 Å². The number of halogens is 2. The summed E-state index contributed by atoms with van der Waals surface area (Å²) in [6.07, 6.45) is 1.71. The third-order valence-corrected chi connectivity index (χ3v) is 2.72. The lowest BCUT2D eigenvalue weighted by Gasteiger charge is -2.11. The van der Waals surface area contributed by atoms with Gasteiger partial charge in [-0.05, 0) is 45.7 Å². The topological polar surface area (TPSA) is 48.1 Å². The van der Waals surface area contributed by atoms with Gasteiger partial charge < -0.3 is 10.5 Å². The zero-order valence-electron chi connectivity index (χ0n) is 7.34.